The van der Waals surface area contributed by atoms with E-state index in [0.717, 1.165) is 30.0 Å². The Morgan fingerprint density at radius 2 is 2.00 bits per heavy atom. The number of thiocarbonyl (C=S) groups is 1. The van der Waals surface area contributed by atoms with Crippen molar-refractivity contribution in [3.8, 4) is 0 Å². The molecule has 2 rings (SSSR count). The van der Waals surface area contributed by atoms with Gasteiger partial charge in [-0.05, 0) is 50.2 Å². The second-order valence-electron chi connectivity index (χ2n) is 5.18. The van der Waals surface area contributed by atoms with E-state index >= 15 is 0 Å². The Morgan fingerprint density at radius 1 is 1.25 bits per heavy atom. The van der Waals surface area contributed by atoms with E-state index in [9.17, 15) is 0 Å². The van der Waals surface area contributed by atoms with Crippen LogP contribution in [0.15, 0.2) is 0 Å². The average molecular weight is 240 g/mol. The fourth-order valence-corrected chi connectivity index (χ4v) is 3.54. The van der Waals surface area contributed by atoms with E-state index in [1.165, 1.54) is 45.1 Å². The van der Waals surface area contributed by atoms with Crippen LogP contribution in [-0.2, 0) is 0 Å². The molecule has 0 spiro atoms. The summed E-state index contributed by atoms with van der Waals surface area (Å²) >= 11 is 5.52. The average Bonchev–Trinajstić information content (AvgIpc) is 2.35. The lowest BCUT2D eigenvalue weighted by atomic mass is 9.78. The molecule has 0 bridgehead atoms. The highest BCUT2D eigenvalue weighted by atomic mass is 32.1. The number of likely N-dealkylation sites (tertiary alicyclic amines) is 1. The second kappa shape index (κ2) is 5.85. The molecule has 0 aromatic heterocycles. The van der Waals surface area contributed by atoms with Crippen LogP contribution in [0.5, 0.6) is 0 Å². The van der Waals surface area contributed by atoms with Crippen molar-refractivity contribution in [2.24, 2.45) is 5.92 Å². The lowest BCUT2D eigenvalue weighted by Gasteiger charge is -2.45. The molecule has 2 aliphatic rings. The summed E-state index contributed by atoms with van der Waals surface area (Å²) in [5.74, 6) is 0.920. The van der Waals surface area contributed by atoms with Gasteiger partial charge in [0.25, 0.3) is 0 Å². The van der Waals surface area contributed by atoms with Crippen LogP contribution in [0.1, 0.15) is 51.9 Å². The van der Waals surface area contributed by atoms with Crippen molar-refractivity contribution in [3.63, 3.8) is 0 Å². The molecule has 1 N–H and O–H groups in total. The minimum absolute atomic E-state index is 0.749. The van der Waals surface area contributed by atoms with Crippen molar-refractivity contribution in [1.82, 2.24) is 10.2 Å². The number of piperidine rings is 1. The normalized spacial score (nSPS) is 29.7. The first-order valence-electron chi connectivity index (χ1n) is 6.87. The number of nitrogens with zero attached hydrogens (tertiary/aromatic N) is 1. The topological polar surface area (TPSA) is 15.3 Å². The highest BCUT2D eigenvalue weighted by Gasteiger charge is 2.34. The van der Waals surface area contributed by atoms with E-state index < -0.39 is 0 Å². The van der Waals surface area contributed by atoms with Crippen LogP contribution in [0.25, 0.3) is 0 Å². The molecule has 1 aliphatic heterocycles. The van der Waals surface area contributed by atoms with E-state index in [4.69, 9.17) is 12.2 Å². The lowest BCUT2D eigenvalue weighted by Crippen LogP contribution is -2.53. The zero-order chi connectivity index (χ0) is 11.4. The van der Waals surface area contributed by atoms with Crippen LogP contribution < -0.4 is 5.32 Å². The van der Waals surface area contributed by atoms with Gasteiger partial charge in [-0.15, -0.1) is 0 Å². The molecule has 0 amide bonds. The van der Waals surface area contributed by atoms with Crippen LogP contribution in [0.2, 0.25) is 0 Å². The van der Waals surface area contributed by atoms with Crippen LogP contribution in [0.3, 0.4) is 0 Å². The van der Waals surface area contributed by atoms with Crippen LogP contribution in [-0.4, -0.2) is 29.1 Å². The summed E-state index contributed by atoms with van der Waals surface area (Å²) in [6.45, 7) is 4.39. The minimum Gasteiger partial charge on any atom is -0.363 e. The zero-order valence-corrected chi connectivity index (χ0v) is 11.2. The minimum atomic E-state index is 0.749. The maximum absolute atomic E-state index is 5.52. The molecule has 1 aliphatic carbocycles. The van der Waals surface area contributed by atoms with Gasteiger partial charge in [0.15, 0.2) is 5.11 Å². The molecule has 2 nitrogen and oxygen atoms in total. The molecular formula is C13H24N2S. The molecule has 3 heteroatoms. The van der Waals surface area contributed by atoms with E-state index in [0.29, 0.717) is 0 Å². The Kier molecular flexibility index (Phi) is 4.45. The maximum atomic E-state index is 5.52. The lowest BCUT2D eigenvalue weighted by molar-refractivity contribution is 0.118. The number of rotatable bonds is 2. The van der Waals surface area contributed by atoms with Gasteiger partial charge in [0.1, 0.15) is 0 Å². The van der Waals surface area contributed by atoms with Crippen molar-refractivity contribution in [2.75, 3.05) is 13.1 Å². The van der Waals surface area contributed by atoms with E-state index in [2.05, 4.69) is 17.1 Å². The van der Waals surface area contributed by atoms with Gasteiger partial charge >= 0.3 is 0 Å². The van der Waals surface area contributed by atoms with E-state index in [1.807, 2.05) is 0 Å². The Hall–Kier alpha value is -0.310. The second-order valence-corrected chi connectivity index (χ2v) is 5.57. The Morgan fingerprint density at radius 3 is 2.81 bits per heavy atom. The van der Waals surface area contributed by atoms with Crippen LogP contribution in [0.4, 0.5) is 0 Å². The van der Waals surface area contributed by atoms with Gasteiger partial charge < -0.3 is 10.2 Å². The molecular weight excluding hydrogens is 216 g/mol. The molecule has 2 fully saturated rings. The molecule has 1 saturated heterocycles. The smallest absolute Gasteiger partial charge is 0.169 e. The summed E-state index contributed by atoms with van der Waals surface area (Å²) < 4.78 is 0. The third-order valence-corrected chi connectivity index (χ3v) is 4.41. The van der Waals surface area contributed by atoms with Crippen molar-refractivity contribution in [2.45, 2.75) is 57.9 Å². The molecule has 1 saturated carbocycles. The van der Waals surface area contributed by atoms with Gasteiger partial charge in [-0.1, -0.05) is 19.8 Å². The van der Waals surface area contributed by atoms with Gasteiger partial charge in [-0.2, -0.15) is 0 Å². The molecule has 2 unspecified atom stereocenters. The largest absolute Gasteiger partial charge is 0.363 e. The molecule has 92 valence electrons. The monoisotopic (exact) mass is 240 g/mol. The van der Waals surface area contributed by atoms with Crippen molar-refractivity contribution in [3.05, 3.63) is 0 Å². The molecule has 0 aromatic rings. The number of hydrogen-bond donors (Lipinski definition) is 1. The highest BCUT2D eigenvalue weighted by molar-refractivity contribution is 7.80. The zero-order valence-electron chi connectivity index (χ0n) is 10.4. The predicted molar refractivity (Wildman–Crippen MR) is 72.6 cm³/mol. The van der Waals surface area contributed by atoms with Crippen molar-refractivity contribution >= 4 is 17.3 Å². The van der Waals surface area contributed by atoms with Crippen molar-refractivity contribution < 1.29 is 0 Å². The molecule has 2 atom stereocenters. The van der Waals surface area contributed by atoms with Crippen LogP contribution in [0, 0.1) is 5.92 Å². The van der Waals surface area contributed by atoms with Gasteiger partial charge in [-0.25, -0.2) is 0 Å². The van der Waals surface area contributed by atoms with Gasteiger partial charge in [0.2, 0.25) is 0 Å². The highest BCUT2D eigenvalue weighted by Crippen LogP contribution is 2.35. The standard InChI is InChI=1S/C13H24N2S/c1-2-9-14-13(16)15-10-5-7-11-6-3-4-8-12(11)15/h11-12H,2-10H2,1H3,(H,14,16). The number of nitrogens with one attached hydrogen (secondary N) is 1. The summed E-state index contributed by atoms with van der Waals surface area (Å²) in [4.78, 5) is 2.48. The molecule has 1 heterocycles. The number of hydrogen-bond acceptors (Lipinski definition) is 1. The fraction of sp³-hybridized carbons (Fsp3) is 0.923. The maximum Gasteiger partial charge on any atom is 0.169 e. The molecule has 0 radical (unpaired) electrons. The summed E-state index contributed by atoms with van der Waals surface area (Å²) in [7, 11) is 0. The first kappa shape index (κ1) is 12.2. The number of fused-ring (bicyclic) bond motifs is 1. The van der Waals surface area contributed by atoms with E-state index in [-0.39, 0.29) is 0 Å². The predicted octanol–water partition coefficient (Wildman–Crippen LogP) is 2.93. The summed E-state index contributed by atoms with van der Waals surface area (Å²) in [6.07, 6.45) is 9.53. The molecule has 0 aromatic carbocycles. The quantitative estimate of drug-likeness (QED) is 0.747. The summed E-state index contributed by atoms with van der Waals surface area (Å²) in [5.41, 5.74) is 0. The van der Waals surface area contributed by atoms with Gasteiger partial charge in [0, 0.05) is 19.1 Å². The third-order valence-electron chi connectivity index (χ3n) is 4.03. The van der Waals surface area contributed by atoms with Gasteiger partial charge in [0.05, 0.1) is 0 Å². The fourth-order valence-electron chi connectivity index (χ4n) is 3.21. The first-order valence-corrected chi connectivity index (χ1v) is 7.28. The Bertz CT molecular complexity index is 240. The van der Waals surface area contributed by atoms with E-state index in [1.54, 1.807) is 0 Å². The Labute approximate surface area is 105 Å². The third kappa shape index (κ3) is 2.68. The Balaban J connectivity index is 1.93. The van der Waals surface area contributed by atoms with Crippen LogP contribution >= 0.6 is 12.2 Å². The SMILES string of the molecule is CCCNC(=S)N1CCCC2CCCCC21. The van der Waals surface area contributed by atoms with Crippen molar-refractivity contribution in [1.29, 1.82) is 0 Å². The first-order chi connectivity index (χ1) is 7.83. The molecule has 16 heavy (non-hydrogen) atoms. The summed E-state index contributed by atoms with van der Waals surface area (Å²) in [5, 5.41) is 4.40. The van der Waals surface area contributed by atoms with Gasteiger partial charge in [-0.3, -0.25) is 0 Å². The summed E-state index contributed by atoms with van der Waals surface area (Å²) in [6, 6.07) is 0.749.